The van der Waals surface area contributed by atoms with Crippen molar-refractivity contribution in [1.29, 1.82) is 0 Å². The lowest BCUT2D eigenvalue weighted by Crippen LogP contribution is -2.20. The second-order valence-electron chi connectivity index (χ2n) is 6.19. The zero-order chi connectivity index (χ0) is 18.9. The van der Waals surface area contributed by atoms with Crippen molar-refractivity contribution in [2.24, 2.45) is 0 Å². The molecule has 1 aromatic carbocycles. The molecule has 0 radical (unpaired) electrons. The molecule has 2 heterocycles. The van der Waals surface area contributed by atoms with Crippen molar-refractivity contribution in [3.05, 3.63) is 47.9 Å². The smallest absolute Gasteiger partial charge is 0.263 e. The standard InChI is InChI=1S/C16H18FN3O4S2/c1-11-8-12(17)2-4-15(11)26(23,24)20-16-5-3-13(9-18-16)19-14-6-7-25(21,22)10-14/h2-5,8-9,14,19H,6-7,10H2,1H3,(H,18,20). The maximum Gasteiger partial charge on any atom is 0.263 e. The number of nitrogens with one attached hydrogen (secondary N) is 2. The molecule has 1 aliphatic rings. The molecular formula is C16H18FN3O4S2. The number of nitrogens with zero attached hydrogens (tertiary/aromatic N) is 1. The van der Waals surface area contributed by atoms with Crippen LogP contribution in [0.3, 0.4) is 0 Å². The number of rotatable bonds is 5. The van der Waals surface area contributed by atoms with Crippen LogP contribution < -0.4 is 10.0 Å². The van der Waals surface area contributed by atoms with Crippen LogP contribution in [0.25, 0.3) is 0 Å². The lowest BCUT2D eigenvalue weighted by molar-refractivity contribution is 0.597. The lowest BCUT2D eigenvalue weighted by atomic mass is 10.2. The Balaban J connectivity index is 1.71. The van der Waals surface area contributed by atoms with Crippen LogP contribution in [-0.4, -0.2) is 39.4 Å². The maximum atomic E-state index is 13.1. The Morgan fingerprint density at radius 2 is 2.00 bits per heavy atom. The van der Waals surface area contributed by atoms with Crippen molar-refractivity contribution in [1.82, 2.24) is 4.98 Å². The molecule has 0 spiro atoms. The number of halogens is 1. The molecule has 140 valence electrons. The normalized spacial score (nSPS) is 19.2. The fourth-order valence-electron chi connectivity index (χ4n) is 2.79. The Kier molecular flexibility index (Phi) is 4.89. The zero-order valence-corrected chi connectivity index (χ0v) is 15.6. The van der Waals surface area contributed by atoms with Crippen LogP contribution in [0, 0.1) is 12.7 Å². The minimum atomic E-state index is -3.89. The van der Waals surface area contributed by atoms with Gasteiger partial charge in [-0.25, -0.2) is 26.2 Å². The van der Waals surface area contributed by atoms with Crippen LogP contribution >= 0.6 is 0 Å². The van der Waals surface area contributed by atoms with Crippen molar-refractivity contribution in [3.8, 4) is 0 Å². The number of hydrogen-bond donors (Lipinski definition) is 2. The molecule has 3 rings (SSSR count). The number of pyridine rings is 1. The fraction of sp³-hybridized carbons (Fsp3) is 0.312. The minimum absolute atomic E-state index is 0.0286. The van der Waals surface area contributed by atoms with Crippen LogP contribution in [0.15, 0.2) is 41.4 Å². The van der Waals surface area contributed by atoms with E-state index in [1.54, 1.807) is 6.07 Å². The van der Waals surface area contributed by atoms with E-state index in [0.717, 1.165) is 12.1 Å². The van der Waals surface area contributed by atoms with E-state index in [-0.39, 0.29) is 28.3 Å². The van der Waals surface area contributed by atoms with Crippen LogP contribution in [0.1, 0.15) is 12.0 Å². The number of aromatic nitrogens is 1. The van der Waals surface area contributed by atoms with Crippen molar-refractivity contribution >= 4 is 31.4 Å². The molecule has 1 fully saturated rings. The number of benzene rings is 1. The largest absolute Gasteiger partial charge is 0.380 e. The Bertz CT molecular complexity index is 1020. The van der Waals surface area contributed by atoms with Crippen LogP contribution in [0.4, 0.5) is 15.9 Å². The first-order valence-electron chi connectivity index (χ1n) is 7.87. The predicted molar refractivity (Wildman–Crippen MR) is 96.9 cm³/mol. The molecule has 10 heteroatoms. The van der Waals surface area contributed by atoms with Crippen molar-refractivity contribution in [2.75, 3.05) is 21.5 Å². The molecule has 1 atom stereocenters. The van der Waals surface area contributed by atoms with E-state index >= 15 is 0 Å². The maximum absolute atomic E-state index is 13.1. The molecule has 0 amide bonds. The van der Waals surface area contributed by atoms with Gasteiger partial charge in [0.2, 0.25) is 0 Å². The summed E-state index contributed by atoms with van der Waals surface area (Å²) in [6, 6.07) is 6.34. The van der Waals surface area contributed by atoms with Crippen molar-refractivity contribution < 1.29 is 21.2 Å². The summed E-state index contributed by atoms with van der Waals surface area (Å²) in [4.78, 5) is 4.01. The minimum Gasteiger partial charge on any atom is -0.380 e. The summed E-state index contributed by atoms with van der Waals surface area (Å²) in [7, 11) is -6.88. The molecule has 0 bridgehead atoms. The van der Waals surface area contributed by atoms with Crippen LogP contribution in [0.5, 0.6) is 0 Å². The van der Waals surface area contributed by atoms with Gasteiger partial charge in [0.25, 0.3) is 10.0 Å². The van der Waals surface area contributed by atoms with E-state index in [2.05, 4.69) is 15.0 Å². The third kappa shape index (κ3) is 4.31. The Labute approximate surface area is 151 Å². The Morgan fingerprint density at radius 1 is 1.23 bits per heavy atom. The van der Waals surface area contributed by atoms with Gasteiger partial charge in [-0.2, -0.15) is 0 Å². The van der Waals surface area contributed by atoms with Gasteiger partial charge < -0.3 is 5.32 Å². The van der Waals surface area contributed by atoms with Gasteiger partial charge in [-0.05, 0) is 49.2 Å². The molecule has 1 saturated heterocycles. The van der Waals surface area contributed by atoms with Crippen LogP contribution in [0.2, 0.25) is 0 Å². The first kappa shape index (κ1) is 18.6. The predicted octanol–water partition coefficient (Wildman–Crippen LogP) is 1.93. The third-order valence-electron chi connectivity index (χ3n) is 4.03. The molecule has 2 aromatic rings. The average molecular weight is 399 g/mol. The summed E-state index contributed by atoms with van der Waals surface area (Å²) >= 11 is 0. The highest BCUT2D eigenvalue weighted by Crippen LogP contribution is 2.21. The van der Waals surface area contributed by atoms with Gasteiger partial charge in [0, 0.05) is 6.04 Å². The molecule has 7 nitrogen and oxygen atoms in total. The molecule has 1 aliphatic heterocycles. The highest BCUT2D eigenvalue weighted by atomic mass is 32.2. The van der Waals surface area contributed by atoms with Gasteiger partial charge in [0.15, 0.2) is 9.84 Å². The summed E-state index contributed by atoms with van der Waals surface area (Å²) in [5.74, 6) is -0.166. The number of sulfonamides is 1. The van der Waals surface area contributed by atoms with Gasteiger partial charge >= 0.3 is 0 Å². The van der Waals surface area contributed by atoms with Gasteiger partial charge in [-0.1, -0.05) is 0 Å². The molecule has 2 N–H and O–H groups in total. The molecule has 0 saturated carbocycles. The van der Waals surface area contributed by atoms with Gasteiger partial charge in [-0.15, -0.1) is 0 Å². The fourth-order valence-corrected chi connectivity index (χ4v) is 5.70. The second-order valence-corrected chi connectivity index (χ2v) is 10.1. The number of anilines is 2. The molecular weight excluding hydrogens is 381 g/mol. The Morgan fingerprint density at radius 3 is 2.58 bits per heavy atom. The average Bonchev–Trinajstić information content (AvgIpc) is 2.87. The number of sulfone groups is 1. The van der Waals surface area contributed by atoms with E-state index in [4.69, 9.17) is 0 Å². The van der Waals surface area contributed by atoms with E-state index < -0.39 is 25.7 Å². The van der Waals surface area contributed by atoms with Crippen molar-refractivity contribution in [2.45, 2.75) is 24.3 Å². The number of aryl methyl sites for hydroxylation is 1. The summed E-state index contributed by atoms with van der Waals surface area (Å²) in [6.45, 7) is 1.51. The topological polar surface area (TPSA) is 105 Å². The Hall–Kier alpha value is -2.20. The summed E-state index contributed by atoms with van der Waals surface area (Å²) in [5, 5.41) is 3.07. The quantitative estimate of drug-likeness (QED) is 0.796. The highest BCUT2D eigenvalue weighted by Gasteiger charge is 2.27. The summed E-state index contributed by atoms with van der Waals surface area (Å²) < 4.78 is 63.3. The first-order valence-corrected chi connectivity index (χ1v) is 11.2. The molecule has 0 aliphatic carbocycles. The highest BCUT2D eigenvalue weighted by molar-refractivity contribution is 7.92. The van der Waals surface area contributed by atoms with Gasteiger partial charge in [0.05, 0.1) is 28.3 Å². The first-order chi connectivity index (χ1) is 12.1. The van der Waals surface area contributed by atoms with E-state index in [0.29, 0.717) is 17.7 Å². The van der Waals surface area contributed by atoms with Crippen LogP contribution in [-0.2, 0) is 19.9 Å². The summed E-state index contributed by atoms with van der Waals surface area (Å²) in [5.41, 5.74) is 0.895. The molecule has 26 heavy (non-hydrogen) atoms. The van der Waals surface area contributed by atoms with E-state index in [1.807, 2.05) is 0 Å². The van der Waals surface area contributed by atoms with E-state index in [9.17, 15) is 21.2 Å². The zero-order valence-electron chi connectivity index (χ0n) is 13.9. The second kappa shape index (κ2) is 6.84. The molecule has 1 aromatic heterocycles. The van der Waals surface area contributed by atoms with E-state index in [1.165, 1.54) is 25.3 Å². The van der Waals surface area contributed by atoms with Crippen molar-refractivity contribution in [3.63, 3.8) is 0 Å². The van der Waals surface area contributed by atoms with Gasteiger partial charge in [0.1, 0.15) is 11.6 Å². The number of hydrogen-bond acceptors (Lipinski definition) is 6. The summed E-state index contributed by atoms with van der Waals surface area (Å²) in [6.07, 6.45) is 1.96. The monoisotopic (exact) mass is 399 g/mol. The third-order valence-corrected chi connectivity index (χ3v) is 7.32. The van der Waals surface area contributed by atoms with Gasteiger partial charge in [-0.3, -0.25) is 4.72 Å². The lowest BCUT2D eigenvalue weighted by Gasteiger charge is -2.13. The molecule has 1 unspecified atom stereocenters. The SMILES string of the molecule is Cc1cc(F)ccc1S(=O)(=O)Nc1ccc(NC2CCS(=O)(=O)C2)cn1.